The third-order valence-electron chi connectivity index (χ3n) is 2.85. The van der Waals surface area contributed by atoms with Crippen molar-refractivity contribution in [2.45, 2.75) is 0 Å². The summed E-state index contributed by atoms with van der Waals surface area (Å²) in [4.78, 5) is 4.33. The molecule has 2 nitrogen and oxygen atoms in total. The minimum absolute atomic E-state index is 0.693. The number of hydrogen-bond acceptors (Lipinski definition) is 2. The van der Waals surface area contributed by atoms with E-state index in [1.807, 2.05) is 48.5 Å². The van der Waals surface area contributed by atoms with E-state index in [4.69, 9.17) is 11.6 Å². The Bertz CT molecular complexity index is 743. The summed E-state index contributed by atoms with van der Waals surface area (Å²) < 4.78 is 1.02. The Morgan fingerprint density at radius 2 is 1.84 bits per heavy atom. The summed E-state index contributed by atoms with van der Waals surface area (Å²) in [5.74, 6) is 0. The van der Waals surface area contributed by atoms with Crippen LogP contribution in [-0.2, 0) is 0 Å². The van der Waals surface area contributed by atoms with Crippen LogP contribution in [0.4, 0.5) is 11.4 Å². The van der Waals surface area contributed by atoms with Crippen molar-refractivity contribution < 1.29 is 0 Å². The molecule has 4 heteroatoms. The van der Waals surface area contributed by atoms with Gasteiger partial charge in [-0.2, -0.15) is 0 Å². The van der Waals surface area contributed by atoms with Crippen LogP contribution in [0.25, 0.3) is 10.9 Å². The van der Waals surface area contributed by atoms with Gasteiger partial charge in [0.1, 0.15) is 0 Å². The Hall–Kier alpha value is -1.58. The Morgan fingerprint density at radius 3 is 2.68 bits per heavy atom. The maximum absolute atomic E-state index is 5.99. The molecular weight excluding hydrogens is 324 g/mol. The molecule has 0 spiro atoms. The van der Waals surface area contributed by atoms with E-state index in [9.17, 15) is 0 Å². The summed E-state index contributed by atoms with van der Waals surface area (Å²) in [7, 11) is 0. The van der Waals surface area contributed by atoms with Crippen LogP contribution in [0.15, 0.2) is 59.2 Å². The number of hydrogen-bond donors (Lipinski definition) is 1. The zero-order valence-corrected chi connectivity index (χ0v) is 12.2. The number of nitrogens with one attached hydrogen (secondary N) is 1. The van der Waals surface area contributed by atoms with E-state index >= 15 is 0 Å². The van der Waals surface area contributed by atoms with Gasteiger partial charge in [-0.1, -0.05) is 23.7 Å². The first-order valence-corrected chi connectivity index (χ1v) is 6.97. The predicted octanol–water partition coefficient (Wildman–Crippen LogP) is 5.39. The van der Waals surface area contributed by atoms with Crippen LogP contribution in [0.2, 0.25) is 5.02 Å². The first kappa shape index (κ1) is 12.5. The molecule has 0 aliphatic rings. The zero-order chi connectivity index (χ0) is 13.2. The molecule has 2 aromatic carbocycles. The minimum atomic E-state index is 0.693. The lowest BCUT2D eigenvalue weighted by Crippen LogP contribution is -1.93. The quantitative estimate of drug-likeness (QED) is 0.679. The van der Waals surface area contributed by atoms with Crippen LogP contribution in [0.5, 0.6) is 0 Å². The number of anilines is 2. The molecule has 1 heterocycles. The van der Waals surface area contributed by atoms with Crippen LogP contribution < -0.4 is 5.32 Å². The average molecular weight is 334 g/mol. The average Bonchev–Trinajstić information content (AvgIpc) is 2.41. The van der Waals surface area contributed by atoms with E-state index in [0.717, 1.165) is 26.8 Å². The molecule has 1 N–H and O–H groups in total. The molecule has 0 aliphatic heterocycles. The molecule has 0 unspecified atom stereocenters. The highest BCUT2D eigenvalue weighted by atomic mass is 79.9. The number of aromatic nitrogens is 1. The molecule has 0 radical (unpaired) electrons. The molecule has 94 valence electrons. The molecule has 0 saturated heterocycles. The van der Waals surface area contributed by atoms with Crippen LogP contribution >= 0.6 is 27.5 Å². The van der Waals surface area contributed by atoms with Crippen molar-refractivity contribution in [3.05, 3.63) is 64.2 Å². The molecule has 0 bridgehead atoms. The van der Waals surface area contributed by atoms with Crippen molar-refractivity contribution >= 4 is 49.8 Å². The highest BCUT2D eigenvalue weighted by Gasteiger charge is 2.04. The van der Waals surface area contributed by atoms with Gasteiger partial charge in [0.2, 0.25) is 0 Å². The Balaban J connectivity index is 2.09. The maximum atomic E-state index is 5.99. The summed E-state index contributed by atoms with van der Waals surface area (Å²) in [5.41, 5.74) is 2.91. The third-order valence-corrected chi connectivity index (χ3v) is 3.77. The molecule has 19 heavy (non-hydrogen) atoms. The van der Waals surface area contributed by atoms with Crippen molar-refractivity contribution in [2.24, 2.45) is 0 Å². The Kier molecular flexibility index (Phi) is 3.40. The number of rotatable bonds is 2. The Morgan fingerprint density at radius 1 is 1.00 bits per heavy atom. The van der Waals surface area contributed by atoms with Crippen molar-refractivity contribution in [3.63, 3.8) is 0 Å². The number of halogens is 2. The smallest absolute Gasteiger partial charge is 0.0737 e. The predicted molar refractivity (Wildman–Crippen MR) is 84.2 cm³/mol. The van der Waals surface area contributed by atoms with Crippen molar-refractivity contribution in [1.29, 1.82) is 0 Å². The van der Waals surface area contributed by atoms with Crippen molar-refractivity contribution in [3.8, 4) is 0 Å². The molecular formula is C15H10BrClN2. The molecule has 0 aliphatic carbocycles. The SMILES string of the molecule is Clc1ccc2c(Nc3ccccc3Br)ccnc2c1. The number of pyridine rings is 1. The van der Waals surface area contributed by atoms with Gasteiger partial charge in [-0.15, -0.1) is 0 Å². The Labute approximate surface area is 124 Å². The summed E-state index contributed by atoms with van der Waals surface area (Å²) in [6, 6.07) is 15.7. The van der Waals surface area contributed by atoms with Gasteiger partial charge in [-0.05, 0) is 52.3 Å². The lowest BCUT2D eigenvalue weighted by molar-refractivity contribution is 1.40. The maximum Gasteiger partial charge on any atom is 0.0737 e. The number of nitrogens with zero attached hydrogens (tertiary/aromatic N) is 1. The van der Waals surface area contributed by atoms with E-state index in [2.05, 4.69) is 26.2 Å². The molecule has 1 aromatic heterocycles. The van der Waals surface area contributed by atoms with Crippen LogP contribution in [0.1, 0.15) is 0 Å². The second-order valence-electron chi connectivity index (χ2n) is 4.12. The summed E-state index contributed by atoms with van der Waals surface area (Å²) >= 11 is 9.52. The van der Waals surface area contributed by atoms with Crippen LogP contribution in [-0.4, -0.2) is 4.98 Å². The van der Waals surface area contributed by atoms with Gasteiger partial charge < -0.3 is 5.32 Å². The lowest BCUT2D eigenvalue weighted by atomic mass is 10.2. The van der Waals surface area contributed by atoms with E-state index in [1.165, 1.54) is 0 Å². The molecule has 0 amide bonds. The monoisotopic (exact) mass is 332 g/mol. The van der Waals surface area contributed by atoms with Gasteiger partial charge in [0.05, 0.1) is 11.2 Å². The highest BCUT2D eigenvalue weighted by Crippen LogP contribution is 2.30. The molecule has 0 fully saturated rings. The number of fused-ring (bicyclic) bond motifs is 1. The minimum Gasteiger partial charge on any atom is -0.354 e. The first-order chi connectivity index (χ1) is 9.24. The van der Waals surface area contributed by atoms with E-state index < -0.39 is 0 Å². The summed E-state index contributed by atoms with van der Waals surface area (Å²) in [6.45, 7) is 0. The van der Waals surface area contributed by atoms with E-state index in [1.54, 1.807) is 6.20 Å². The normalized spacial score (nSPS) is 10.6. The largest absolute Gasteiger partial charge is 0.354 e. The van der Waals surface area contributed by atoms with Crippen molar-refractivity contribution in [1.82, 2.24) is 4.98 Å². The van der Waals surface area contributed by atoms with Gasteiger partial charge in [-0.3, -0.25) is 4.98 Å². The first-order valence-electron chi connectivity index (χ1n) is 5.80. The van der Waals surface area contributed by atoms with E-state index in [0.29, 0.717) is 5.02 Å². The second-order valence-corrected chi connectivity index (χ2v) is 5.42. The second kappa shape index (κ2) is 5.19. The molecule has 3 aromatic rings. The van der Waals surface area contributed by atoms with Gasteiger partial charge in [0.15, 0.2) is 0 Å². The third kappa shape index (κ3) is 2.57. The zero-order valence-electron chi connectivity index (χ0n) is 9.90. The number of para-hydroxylation sites is 1. The van der Waals surface area contributed by atoms with Gasteiger partial charge in [0.25, 0.3) is 0 Å². The molecule has 0 atom stereocenters. The van der Waals surface area contributed by atoms with Gasteiger partial charge in [0, 0.05) is 26.8 Å². The molecule has 3 rings (SSSR count). The fraction of sp³-hybridized carbons (Fsp3) is 0. The van der Waals surface area contributed by atoms with E-state index in [-0.39, 0.29) is 0 Å². The number of benzene rings is 2. The summed E-state index contributed by atoms with van der Waals surface area (Å²) in [6.07, 6.45) is 1.78. The van der Waals surface area contributed by atoms with Crippen LogP contribution in [0, 0.1) is 0 Å². The van der Waals surface area contributed by atoms with Crippen LogP contribution in [0.3, 0.4) is 0 Å². The standard InChI is InChI=1S/C15H10BrClN2/c16-12-3-1-2-4-14(12)19-13-7-8-18-15-9-10(17)5-6-11(13)15/h1-9H,(H,18,19). The highest BCUT2D eigenvalue weighted by molar-refractivity contribution is 9.10. The van der Waals surface area contributed by atoms with Gasteiger partial charge >= 0.3 is 0 Å². The lowest BCUT2D eigenvalue weighted by Gasteiger charge is -2.11. The topological polar surface area (TPSA) is 24.9 Å². The summed E-state index contributed by atoms with van der Waals surface area (Å²) in [5, 5.41) is 5.14. The van der Waals surface area contributed by atoms with Crippen molar-refractivity contribution in [2.75, 3.05) is 5.32 Å². The van der Waals surface area contributed by atoms with Gasteiger partial charge in [-0.25, -0.2) is 0 Å². The fourth-order valence-electron chi connectivity index (χ4n) is 1.94. The molecule has 0 saturated carbocycles. The fourth-order valence-corrected chi connectivity index (χ4v) is 2.49.